The Morgan fingerprint density at radius 3 is 2.95 bits per heavy atom. The van der Waals surface area contributed by atoms with E-state index in [2.05, 4.69) is 5.10 Å². The van der Waals surface area contributed by atoms with E-state index in [9.17, 15) is 9.59 Å². The number of nitrogens with zero attached hydrogens (tertiary/aromatic N) is 3. The quantitative estimate of drug-likeness (QED) is 0.837. The molecular weight excluding hydrogens is 270 g/mol. The van der Waals surface area contributed by atoms with Crippen LogP contribution in [-0.2, 0) is 16.6 Å². The average Bonchev–Trinajstić information content (AvgIpc) is 2.88. The van der Waals surface area contributed by atoms with Crippen LogP contribution in [0.1, 0.15) is 37.8 Å². The van der Waals surface area contributed by atoms with Crippen molar-refractivity contribution in [3.8, 4) is 0 Å². The minimum atomic E-state index is -0.807. The molecule has 1 aliphatic rings. The summed E-state index contributed by atoms with van der Waals surface area (Å²) in [6.45, 7) is 0.707. The average molecular weight is 291 g/mol. The summed E-state index contributed by atoms with van der Waals surface area (Å²) in [6, 6.07) is 1.88. The van der Waals surface area contributed by atoms with E-state index < -0.39 is 5.97 Å². The topological polar surface area (TPSA) is 75.4 Å². The number of carbonyl (C=O) groups excluding carboxylic acids is 1. The number of hydrogen-bond acceptors (Lipinski definition) is 3. The van der Waals surface area contributed by atoms with Gasteiger partial charge in [-0.1, -0.05) is 0 Å². The predicted molar refractivity (Wildman–Crippen MR) is 78.5 cm³/mol. The summed E-state index contributed by atoms with van der Waals surface area (Å²) in [5, 5.41) is 12.8. The molecule has 1 saturated heterocycles. The van der Waals surface area contributed by atoms with Crippen LogP contribution in [0.5, 0.6) is 0 Å². The maximum Gasteiger partial charge on any atom is 0.303 e. The van der Waals surface area contributed by atoms with Crippen molar-refractivity contribution in [2.45, 2.75) is 38.1 Å². The highest BCUT2D eigenvalue weighted by Gasteiger charge is 2.25. The van der Waals surface area contributed by atoms with E-state index in [0.29, 0.717) is 13.0 Å². The van der Waals surface area contributed by atoms with Gasteiger partial charge in [-0.3, -0.25) is 14.3 Å². The number of piperidine rings is 1. The zero-order valence-electron chi connectivity index (χ0n) is 12.2. The van der Waals surface area contributed by atoms with E-state index in [1.54, 1.807) is 27.9 Å². The van der Waals surface area contributed by atoms with Crippen LogP contribution < -0.4 is 0 Å². The van der Waals surface area contributed by atoms with Crippen molar-refractivity contribution < 1.29 is 14.7 Å². The van der Waals surface area contributed by atoms with Gasteiger partial charge in [-0.05, 0) is 37.8 Å². The van der Waals surface area contributed by atoms with Crippen LogP contribution in [0.25, 0.3) is 6.08 Å². The van der Waals surface area contributed by atoms with Gasteiger partial charge in [0.15, 0.2) is 0 Å². The lowest BCUT2D eigenvalue weighted by atomic mass is 9.98. The molecule has 1 fully saturated rings. The number of aromatic nitrogens is 2. The molecule has 21 heavy (non-hydrogen) atoms. The molecule has 0 radical (unpaired) electrons. The van der Waals surface area contributed by atoms with Crippen molar-refractivity contribution in [1.82, 2.24) is 14.7 Å². The number of rotatable bonds is 5. The lowest BCUT2D eigenvalue weighted by molar-refractivity contribution is -0.138. The normalized spacial score (nSPS) is 19.1. The van der Waals surface area contributed by atoms with Crippen LogP contribution in [0, 0.1) is 0 Å². The van der Waals surface area contributed by atoms with Gasteiger partial charge >= 0.3 is 5.97 Å². The highest BCUT2D eigenvalue weighted by atomic mass is 16.4. The molecule has 2 rings (SSSR count). The number of amides is 1. The number of carboxylic acids is 1. The van der Waals surface area contributed by atoms with Crippen molar-refractivity contribution >= 4 is 18.0 Å². The van der Waals surface area contributed by atoms with Crippen LogP contribution >= 0.6 is 0 Å². The fourth-order valence-corrected chi connectivity index (χ4v) is 2.68. The number of aliphatic carboxylic acids is 1. The number of likely N-dealkylation sites (tertiary alicyclic amines) is 1. The van der Waals surface area contributed by atoms with Crippen molar-refractivity contribution in [2.24, 2.45) is 7.05 Å². The molecule has 0 aliphatic carbocycles. The van der Waals surface area contributed by atoms with Gasteiger partial charge in [0.05, 0.1) is 5.69 Å². The molecule has 1 N–H and O–H groups in total. The maximum absolute atomic E-state index is 12.3. The fourth-order valence-electron chi connectivity index (χ4n) is 2.68. The molecule has 1 aromatic rings. The van der Waals surface area contributed by atoms with Crippen LogP contribution in [0.2, 0.25) is 0 Å². The largest absolute Gasteiger partial charge is 0.481 e. The van der Waals surface area contributed by atoms with Gasteiger partial charge in [0.25, 0.3) is 0 Å². The summed E-state index contributed by atoms with van der Waals surface area (Å²) < 4.78 is 1.70. The first-order chi connectivity index (χ1) is 10.1. The summed E-state index contributed by atoms with van der Waals surface area (Å²) in [6.07, 6.45) is 8.54. The van der Waals surface area contributed by atoms with Gasteiger partial charge in [-0.2, -0.15) is 5.10 Å². The number of carbonyl (C=O) groups is 2. The second-order valence-corrected chi connectivity index (χ2v) is 5.33. The highest BCUT2D eigenvalue weighted by Crippen LogP contribution is 2.21. The molecule has 6 nitrogen and oxygen atoms in total. The van der Waals surface area contributed by atoms with Crippen molar-refractivity contribution in [3.05, 3.63) is 24.0 Å². The first-order valence-corrected chi connectivity index (χ1v) is 7.26. The highest BCUT2D eigenvalue weighted by molar-refractivity contribution is 5.91. The maximum atomic E-state index is 12.3. The van der Waals surface area contributed by atoms with E-state index in [1.165, 1.54) is 0 Å². The third kappa shape index (κ3) is 4.18. The van der Waals surface area contributed by atoms with E-state index in [1.807, 2.05) is 13.1 Å². The molecule has 1 amide bonds. The third-order valence-electron chi connectivity index (χ3n) is 3.86. The van der Waals surface area contributed by atoms with Crippen LogP contribution in [-0.4, -0.2) is 44.3 Å². The van der Waals surface area contributed by atoms with Gasteiger partial charge in [-0.25, -0.2) is 0 Å². The lowest BCUT2D eigenvalue weighted by Gasteiger charge is -2.35. The Kier molecular flexibility index (Phi) is 5.14. The third-order valence-corrected chi connectivity index (χ3v) is 3.86. The van der Waals surface area contributed by atoms with Crippen molar-refractivity contribution in [3.63, 3.8) is 0 Å². The zero-order chi connectivity index (χ0) is 15.2. The molecule has 0 bridgehead atoms. The molecule has 2 heterocycles. The summed E-state index contributed by atoms with van der Waals surface area (Å²) in [4.78, 5) is 24.8. The van der Waals surface area contributed by atoms with E-state index in [-0.39, 0.29) is 18.4 Å². The summed E-state index contributed by atoms with van der Waals surface area (Å²) in [7, 11) is 1.82. The fraction of sp³-hybridized carbons (Fsp3) is 0.533. The van der Waals surface area contributed by atoms with E-state index in [4.69, 9.17) is 5.11 Å². The smallest absolute Gasteiger partial charge is 0.303 e. The summed E-state index contributed by atoms with van der Waals surface area (Å²) >= 11 is 0. The van der Waals surface area contributed by atoms with E-state index in [0.717, 1.165) is 25.0 Å². The summed E-state index contributed by atoms with van der Waals surface area (Å²) in [5.74, 6) is -0.857. The Hall–Kier alpha value is -2.11. The molecule has 1 aromatic heterocycles. The standard InChI is InChI=1S/C15H21N3O3/c1-17-12(9-10-16-17)5-7-14(19)18-11-3-2-4-13(18)6-8-15(20)21/h5,7,9-10,13H,2-4,6,8,11H2,1H3,(H,20,21)/b7-5+. The van der Waals surface area contributed by atoms with Gasteiger partial charge < -0.3 is 10.0 Å². The van der Waals surface area contributed by atoms with Gasteiger partial charge in [0, 0.05) is 38.3 Å². The lowest BCUT2D eigenvalue weighted by Crippen LogP contribution is -2.43. The van der Waals surface area contributed by atoms with Gasteiger partial charge in [-0.15, -0.1) is 0 Å². The Morgan fingerprint density at radius 2 is 2.29 bits per heavy atom. The zero-order valence-corrected chi connectivity index (χ0v) is 12.2. The number of carboxylic acid groups (broad SMARTS) is 1. The molecule has 1 unspecified atom stereocenters. The number of hydrogen-bond donors (Lipinski definition) is 1. The Morgan fingerprint density at radius 1 is 1.48 bits per heavy atom. The molecule has 0 aromatic carbocycles. The number of aryl methyl sites for hydroxylation is 1. The van der Waals surface area contributed by atoms with Crippen molar-refractivity contribution in [1.29, 1.82) is 0 Å². The van der Waals surface area contributed by atoms with Crippen LogP contribution in [0.15, 0.2) is 18.3 Å². The monoisotopic (exact) mass is 291 g/mol. The van der Waals surface area contributed by atoms with Gasteiger partial charge in [0.1, 0.15) is 0 Å². The minimum absolute atomic E-state index is 0.0403. The first kappa shape index (κ1) is 15.3. The van der Waals surface area contributed by atoms with Crippen LogP contribution in [0.3, 0.4) is 0 Å². The molecule has 0 saturated carbocycles. The molecule has 6 heteroatoms. The second-order valence-electron chi connectivity index (χ2n) is 5.33. The van der Waals surface area contributed by atoms with Crippen molar-refractivity contribution in [2.75, 3.05) is 6.54 Å². The van der Waals surface area contributed by atoms with Crippen LogP contribution in [0.4, 0.5) is 0 Å². The summed E-state index contributed by atoms with van der Waals surface area (Å²) in [5.41, 5.74) is 0.863. The molecule has 1 aliphatic heterocycles. The van der Waals surface area contributed by atoms with Gasteiger partial charge in [0.2, 0.25) is 5.91 Å². The first-order valence-electron chi connectivity index (χ1n) is 7.26. The Balaban J connectivity index is 1.99. The Bertz CT molecular complexity index is 536. The predicted octanol–water partition coefficient (Wildman–Crippen LogP) is 1.68. The molecule has 0 spiro atoms. The van der Waals surface area contributed by atoms with E-state index >= 15 is 0 Å². The molecule has 1 atom stereocenters. The SMILES string of the molecule is Cn1nccc1/C=C/C(=O)N1CCCCC1CCC(=O)O. The molecular formula is C15H21N3O3. The second kappa shape index (κ2) is 7.06. The Labute approximate surface area is 124 Å². The molecule has 114 valence electrons. The minimum Gasteiger partial charge on any atom is -0.481 e.